The Morgan fingerprint density at radius 1 is 1.47 bits per heavy atom. The normalized spacial score (nSPS) is 13.2. The van der Waals surface area contributed by atoms with Crippen molar-refractivity contribution < 1.29 is 18.0 Å². The fourth-order valence-corrected chi connectivity index (χ4v) is 1.21. The predicted molar refractivity (Wildman–Crippen MR) is 56.9 cm³/mol. The van der Waals surface area contributed by atoms with Crippen molar-refractivity contribution in [3.63, 3.8) is 0 Å². The summed E-state index contributed by atoms with van der Waals surface area (Å²) in [6.07, 6.45) is -4.37. The monoisotopic (exact) mass is 246 g/mol. The van der Waals surface area contributed by atoms with Crippen LogP contribution in [0.25, 0.3) is 0 Å². The standard InChI is InChI=1S/C11H13F3N2O/c1-7(15)10(17)16-6-8-3-2-4-9(5-8)11(12,13)14/h2-5,7H,6,15H2,1H3,(H,16,17)/t7-/m0/s1. The predicted octanol–water partition coefficient (Wildman–Crippen LogP) is 1.67. The largest absolute Gasteiger partial charge is 0.416 e. The van der Waals surface area contributed by atoms with Crippen molar-refractivity contribution in [1.29, 1.82) is 0 Å². The molecule has 0 saturated heterocycles. The number of carbonyl (C=O) groups is 1. The second kappa shape index (κ2) is 5.18. The Balaban J connectivity index is 2.70. The minimum Gasteiger partial charge on any atom is -0.351 e. The van der Waals surface area contributed by atoms with E-state index >= 15 is 0 Å². The van der Waals surface area contributed by atoms with E-state index in [1.165, 1.54) is 19.1 Å². The van der Waals surface area contributed by atoms with Gasteiger partial charge in [-0.25, -0.2) is 0 Å². The maximum atomic E-state index is 12.4. The summed E-state index contributed by atoms with van der Waals surface area (Å²) in [7, 11) is 0. The highest BCUT2D eigenvalue weighted by Crippen LogP contribution is 2.29. The summed E-state index contributed by atoms with van der Waals surface area (Å²) in [4.78, 5) is 11.1. The van der Waals surface area contributed by atoms with Gasteiger partial charge in [0.15, 0.2) is 0 Å². The van der Waals surface area contributed by atoms with Crippen LogP contribution in [-0.4, -0.2) is 11.9 Å². The molecule has 0 aromatic heterocycles. The van der Waals surface area contributed by atoms with E-state index in [2.05, 4.69) is 5.32 Å². The molecule has 3 N–H and O–H groups in total. The minimum absolute atomic E-state index is 0.0320. The van der Waals surface area contributed by atoms with Crippen LogP contribution in [0.1, 0.15) is 18.1 Å². The average molecular weight is 246 g/mol. The van der Waals surface area contributed by atoms with Crippen molar-refractivity contribution in [2.24, 2.45) is 5.73 Å². The fourth-order valence-electron chi connectivity index (χ4n) is 1.21. The molecule has 6 heteroatoms. The third-order valence-corrected chi connectivity index (χ3v) is 2.13. The maximum absolute atomic E-state index is 12.4. The summed E-state index contributed by atoms with van der Waals surface area (Å²) < 4.78 is 37.2. The van der Waals surface area contributed by atoms with Gasteiger partial charge in [0.05, 0.1) is 11.6 Å². The van der Waals surface area contributed by atoms with E-state index in [4.69, 9.17) is 5.73 Å². The first kappa shape index (κ1) is 13.5. The smallest absolute Gasteiger partial charge is 0.351 e. The zero-order valence-corrected chi connectivity index (χ0v) is 9.21. The SMILES string of the molecule is C[C@H](N)C(=O)NCc1cccc(C(F)(F)F)c1. The van der Waals surface area contributed by atoms with Crippen LogP contribution in [0.15, 0.2) is 24.3 Å². The molecule has 0 bridgehead atoms. The van der Waals surface area contributed by atoms with Crippen LogP contribution in [0.3, 0.4) is 0 Å². The number of hydrogen-bond acceptors (Lipinski definition) is 2. The summed E-state index contributed by atoms with van der Waals surface area (Å²) >= 11 is 0. The van der Waals surface area contributed by atoms with Gasteiger partial charge >= 0.3 is 6.18 Å². The molecule has 94 valence electrons. The van der Waals surface area contributed by atoms with Gasteiger partial charge in [-0.15, -0.1) is 0 Å². The third kappa shape index (κ3) is 4.07. The van der Waals surface area contributed by atoms with Gasteiger partial charge in [-0.1, -0.05) is 12.1 Å². The molecule has 1 atom stereocenters. The third-order valence-electron chi connectivity index (χ3n) is 2.13. The van der Waals surface area contributed by atoms with E-state index in [0.717, 1.165) is 12.1 Å². The van der Waals surface area contributed by atoms with Gasteiger partial charge in [-0.2, -0.15) is 13.2 Å². The number of hydrogen-bond donors (Lipinski definition) is 2. The zero-order chi connectivity index (χ0) is 13.1. The van der Waals surface area contributed by atoms with Crippen molar-refractivity contribution in [1.82, 2.24) is 5.32 Å². The number of rotatable bonds is 3. The highest BCUT2D eigenvalue weighted by atomic mass is 19.4. The highest BCUT2D eigenvalue weighted by Gasteiger charge is 2.30. The lowest BCUT2D eigenvalue weighted by Crippen LogP contribution is -2.37. The molecule has 0 spiro atoms. The molecule has 1 aromatic rings. The molecule has 1 aromatic carbocycles. The lowest BCUT2D eigenvalue weighted by molar-refractivity contribution is -0.137. The van der Waals surface area contributed by atoms with Gasteiger partial charge in [0.2, 0.25) is 5.91 Å². The van der Waals surface area contributed by atoms with E-state index in [9.17, 15) is 18.0 Å². The Hall–Kier alpha value is -1.56. The first-order chi connectivity index (χ1) is 7.80. The second-order valence-corrected chi connectivity index (χ2v) is 3.70. The van der Waals surface area contributed by atoms with E-state index < -0.39 is 23.7 Å². The van der Waals surface area contributed by atoms with Gasteiger partial charge < -0.3 is 11.1 Å². The highest BCUT2D eigenvalue weighted by molar-refractivity contribution is 5.80. The number of amides is 1. The average Bonchev–Trinajstić information content (AvgIpc) is 2.25. The molecule has 1 rings (SSSR count). The molecule has 17 heavy (non-hydrogen) atoms. The molecule has 0 radical (unpaired) electrons. The fraction of sp³-hybridized carbons (Fsp3) is 0.364. The molecule has 3 nitrogen and oxygen atoms in total. The molecule has 0 aliphatic rings. The Kier molecular flexibility index (Phi) is 4.11. The van der Waals surface area contributed by atoms with E-state index in [-0.39, 0.29) is 6.54 Å². The van der Waals surface area contributed by atoms with Gasteiger partial charge in [0, 0.05) is 6.54 Å². The van der Waals surface area contributed by atoms with E-state index in [1.807, 2.05) is 0 Å². The van der Waals surface area contributed by atoms with Crippen LogP contribution in [-0.2, 0) is 17.5 Å². The van der Waals surface area contributed by atoms with Crippen LogP contribution < -0.4 is 11.1 Å². The second-order valence-electron chi connectivity index (χ2n) is 3.70. The summed E-state index contributed by atoms with van der Waals surface area (Å²) in [5.41, 5.74) is 4.96. The summed E-state index contributed by atoms with van der Waals surface area (Å²) in [5.74, 6) is -0.401. The zero-order valence-electron chi connectivity index (χ0n) is 9.21. The van der Waals surface area contributed by atoms with Gasteiger partial charge in [-0.05, 0) is 24.6 Å². The van der Waals surface area contributed by atoms with Gasteiger partial charge in [-0.3, -0.25) is 4.79 Å². The van der Waals surface area contributed by atoms with Crippen molar-refractivity contribution in [3.8, 4) is 0 Å². The van der Waals surface area contributed by atoms with Crippen molar-refractivity contribution >= 4 is 5.91 Å². The Morgan fingerprint density at radius 2 is 2.12 bits per heavy atom. The van der Waals surface area contributed by atoms with Crippen LogP contribution >= 0.6 is 0 Å². The molecule has 0 aliphatic heterocycles. The Morgan fingerprint density at radius 3 is 2.65 bits per heavy atom. The number of benzene rings is 1. The molecule has 0 aliphatic carbocycles. The molecule has 1 amide bonds. The van der Waals surface area contributed by atoms with E-state index in [0.29, 0.717) is 5.56 Å². The molecule has 0 saturated carbocycles. The lowest BCUT2D eigenvalue weighted by Gasteiger charge is -2.10. The number of halogens is 3. The molecular formula is C11H13F3N2O. The first-order valence-electron chi connectivity index (χ1n) is 5.00. The van der Waals surface area contributed by atoms with Crippen LogP contribution in [0.4, 0.5) is 13.2 Å². The van der Waals surface area contributed by atoms with Crippen molar-refractivity contribution in [2.45, 2.75) is 25.7 Å². The maximum Gasteiger partial charge on any atom is 0.416 e. The lowest BCUT2D eigenvalue weighted by atomic mass is 10.1. The molecule has 0 fully saturated rings. The quantitative estimate of drug-likeness (QED) is 0.852. The van der Waals surface area contributed by atoms with Crippen molar-refractivity contribution in [3.05, 3.63) is 35.4 Å². The van der Waals surface area contributed by atoms with E-state index in [1.54, 1.807) is 0 Å². The Bertz CT molecular complexity index is 402. The van der Waals surface area contributed by atoms with Crippen LogP contribution in [0, 0.1) is 0 Å². The summed E-state index contributed by atoms with van der Waals surface area (Å²) in [6, 6.07) is 4.12. The number of alkyl halides is 3. The molecule has 0 unspecified atom stereocenters. The first-order valence-corrected chi connectivity index (χ1v) is 5.00. The summed E-state index contributed by atoms with van der Waals surface area (Å²) in [5, 5.41) is 2.45. The molecule has 0 heterocycles. The number of nitrogens with two attached hydrogens (primary N) is 1. The molecular weight excluding hydrogens is 233 g/mol. The van der Waals surface area contributed by atoms with Crippen LogP contribution in [0.5, 0.6) is 0 Å². The number of carbonyl (C=O) groups excluding carboxylic acids is 1. The van der Waals surface area contributed by atoms with Crippen molar-refractivity contribution in [2.75, 3.05) is 0 Å². The van der Waals surface area contributed by atoms with Gasteiger partial charge in [0.25, 0.3) is 0 Å². The topological polar surface area (TPSA) is 55.1 Å². The van der Waals surface area contributed by atoms with Crippen LogP contribution in [0.2, 0.25) is 0 Å². The minimum atomic E-state index is -4.37. The summed E-state index contributed by atoms with van der Waals surface area (Å²) in [6.45, 7) is 1.53. The number of nitrogens with one attached hydrogen (secondary N) is 1. The van der Waals surface area contributed by atoms with Gasteiger partial charge in [0.1, 0.15) is 0 Å². The Labute approximate surface area is 96.8 Å².